The summed E-state index contributed by atoms with van der Waals surface area (Å²) < 4.78 is 5.66. The Balaban J connectivity index is 2.04. The lowest BCUT2D eigenvalue weighted by molar-refractivity contribution is -0.151. The Bertz CT molecular complexity index is 372. The SMILES string of the molecule is CCCC(=O)O[C@H]1CCCC[C@@H]1c1ccccc1. The molecule has 0 amide bonds. The summed E-state index contributed by atoms with van der Waals surface area (Å²) in [5, 5.41) is 0. The zero-order valence-electron chi connectivity index (χ0n) is 11.1. The highest BCUT2D eigenvalue weighted by atomic mass is 16.5. The van der Waals surface area contributed by atoms with Gasteiger partial charge in [-0.25, -0.2) is 0 Å². The minimum atomic E-state index is -0.0367. The number of benzene rings is 1. The molecular formula is C16H22O2. The zero-order chi connectivity index (χ0) is 12.8. The third-order valence-electron chi connectivity index (χ3n) is 3.67. The molecule has 0 radical (unpaired) electrons. The standard InChI is InChI=1S/C16H22O2/c1-2-8-16(17)18-15-12-7-6-11-14(15)13-9-4-3-5-10-13/h3-5,9-10,14-15H,2,6-8,11-12H2,1H3/t14-,15+/m1/s1. The topological polar surface area (TPSA) is 26.3 Å². The van der Waals surface area contributed by atoms with Crippen molar-refractivity contribution in [2.75, 3.05) is 0 Å². The van der Waals surface area contributed by atoms with Crippen molar-refractivity contribution < 1.29 is 9.53 Å². The number of hydrogen-bond donors (Lipinski definition) is 0. The van der Waals surface area contributed by atoms with E-state index < -0.39 is 0 Å². The van der Waals surface area contributed by atoms with Crippen LogP contribution in [0, 0.1) is 0 Å². The first-order valence-corrected chi connectivity index (χ1v) is 7.05. The van der Waals surface area contributed by atoms with Gasteiger partial charge in [0.05, 0.1) is 0 Å². The fourth-order valence-electron chi connectivity index (χ4n) is 2.75. The summed E-state index contributed by atoms with van der Waals surface area (Å²) in [7, 11) is 0. The van der Waals surface area contributed by atoms with E-state index in [9.17, 15) is 4.79 Å². The number of ether oxygens (including phenoxy) is 1. The Hall–Kier alpha value is -1.31. The van der Waals surface area contributed by atoms with Crippen LogP contribution in [0.1, 0.15) is 56.9 Å². The molecule has 1 fully saturated rings. The van der Waals surface area contributed by atoms with Crippen LogP contribution in [-0.2, 0) is 9.53 Å². The smallest absolute Gasteiger partial charge is 0.306 e. The molecule has 1 saturated carbocycles. The second kappa shape index (κ2) is 6.58. The van der Waals surface area contributed by atoms with Gasteiger partial charge in [-0.1, -0.05) is 43.7 Å². The summed E-state index contributed by atoms with van der Waals surface area (Å²) in [5.41, 5.74) is 1.31. The zero-order valence-corrected chi connectivity index (χ0v) is 11.1. The summed E-state index contributed by atoms with van der Waals surface area (Å²) in [6.45, 7) is 2.01. The molecule has 1 aliphatic rings. The molecule has 18 heavy (non-hydrogen) atoms. The third-order valence-corrected chi connectivity index (χ3v) is 3.67. The molecule has 2 rings (SSSR count). The van der Waals surface area contributed by atoms with Crippen molar-refractivity contribution in [3.05, 3.63) is 35.9 Å². The van der Waals surface area contributed by atoms with Crippen LogP contribution in [0.2, 0.25) is 0 Å². The van der Waals surface area contributed by atoms with Gasteiger partial charge in [0.2, 0.25) is 0 Å². The van der Waals surface area contributed by atoms with Crippen molar-refractivity contribution >= 4 is 5.97 Å². The van der Waals surface area contributed by atoms with Crippen molar-refractivity contribution in [2.24, 2.45) is 0 Å². The normalized spacial score (nSPS) is 23.6. The summed E-state index contributed by atoms with van der Waals surface area (Å²) >= 11 is 0. The van der Waals surface area contributed by atoms with E-state index in [1.165, 1.54) is 18.4 Å². The average molecular weight is 246 g/mol. The minimum absolute atomic E-state index is 0.0367. The molecule has 2 nitrogen and oxygen atoms in total. The predicted octanol–water partition coefficient (Wildman–Crippen LogP) is 4.06. The van der Waals surface area contributed by atoms with Crippen molar-refractivity contribution in [3.63, 3.8) is 0 Å². The molecule has 1 aromatic rings. The van der Waals surface area contributed by atoms with Crippen molar-refractivity contribution in [3.8, 4) is 0 Å². The fraction of sp³-hybridized carbons (Fsp3) is 0.562. The molecule has 1 aromatic carbocycles. The van der Waals surface area contributed by atoms with Gasteiger partial charge in [0.25, 0.3) is 0 Å². The summed E-state index contributed by atoms with van der Waals surface area (Å²) in [5.74, 6) is 0.353. The average Bonchev–Trinajstić information content (AvgIpc) is 2.40. The van der Waals surface area contributed by atoms with E-state index in [1.807, 2.05) is 13.0 Å². The Labute approximate surface area is 109 Å². The number of rotatable bonds is 4. The van der Waals surface area contributed by atoms with E-state index in [-0.39, 0.29) is 12.1 Å². The predicted molar refractivity (Wildman–Crippen MR) is 72.4 cm³/mol. The maximum atomic E-state index is 11.7. The van der Waals surface area contributed by atoms with Crippen molar-refractivity contribution in [2.45, 2.75) is 57.5 Å². The second-order valence-corrected chi connectivity index (χ2v) is 5.08. The maximum absolute atomic E-state index is 11.7. The van der Waals surface area contributed by atoms with Gasteiger partial charge in [-0.3, -0.25) is 4.79 Å². The highest BCUT2D eigenvalue weighted by molar-refractivity contribution is 5.69. The van der Waals surface area contributed by atoms with Gasteiger partial charge in [-0.2, -0.15) is 0 Å². The first-order chi connectivity index (χ1) is 8.81. The molecular weight excluding hydrogens is 224 g/mol. The van der Waals surface area contributed by atoms with E-state index in [2.05, 4.69) is 24.3 Å². The number of carbonyl (C=O) groups is 1. The number of hydrogen-bond acceptors (Lipinski definition) is 2. The fourth-order valence-corrected chi connectivity index (χ4v) is 2.75. The van der Waals surface area contributed by atoms with E-state index >= 15 is 0 Å². The molecule has 0 spiro atoms. The number of esters is 1. The number of carbonyl (C=O) groups excluding carboxylic acids is 1. The van der Waals surface area contributed by atoms with Crippen LogP contribution >= 0.6 is 0 Å². The molecule has 98 valence electrons. The van der Waals surface area contributed by atoms with Gasteiger partial charge in [0.1, 0.15) is 6.10 Å². The molecule has 0 heterocycles. The van der Waals surface area contributed by atoms with Gasteiger partial charge in [-0.15, -0.1) is 0 Å². The van der Waals surface area contributed by atoms with Gasteiger partial charge in [-0.05, 0) is 31.2 Å². The molecule has 0 aliphatic heterocycles. The van der Waals surface area contributed by atoms with E-state index in [1.54, 1.807) is 0 Å². The highest BCUT2D eigenvalue weighted by Gasteiger charge is 2.29. The summed E-state index contributed by atoms with van der Waals surface area (Å²) in [4.78, 5) is 11.7. The van der Waals surface area contributed by atoms with Crippen LogP contribution < -0.4 is 0 Å². The lowest BCUT2D eigenvalue weighted by atomic mass is 9.81. The van der Waals surface area contributed by atoms with Crippen LogP contribution in [0.3, 0.4) is 0 Å². The Kier molecular flexibility index (Phi) is 4.80. The highest BCUT2D eigenvalue weighted by Crippen LogP contribution is 2.35. The van der Waals surface area contributed by atoms with Gasteiger partial charge < -0.3 is 4.74 Å². The Morgan fingerprint density at radius 3 is 2.67 bits per heavy atom. The van der Waals surface area contributed by atoms with Crippen molar-refractivity contribution in [1.82, 2.24) is 0 Å². The van der Waals surface area contributed by atoms with Crippen molar-refractivity contribution in [1.29, 1.82) is 0 Å². The van der Waals surface area contributed by atoms with E-state index in [0.29, 0.717) is 12.3 Å². The van der Waals surface area contributed by atoms with Crippen LogP contribution in [0.5, 0.6) is 0 Å². The summed E-state index contributed by atoms with van der Waals surface area (Å²) in [6, 6.07) is 10.5. The molecule has 2 heteroatoms. The van der Waals surface area contributed by atoms with Gasteiger partial charge in [0.15, 0.2) is 0 Å². The largest absolute Gasteiger partial charge is 0.462 e. The van der Waals surface area contributed by atoms with Crippen LogP contribution in [-0.4, -0.2) is 12.1 Å². The first-order valence-electron chi connectivity index (χ1n) is 7.05. The molecule has 1 aliphatic carbocycles. The monoisotopic (exact) mass is 246 g/mol. The molecule has 0 bridgehead atoms. The van der Waals surface area contributed by atoms with E-state index in [0.717, 1.165) is 19.3 Å². The lowest BCUT2D eigenvalue weighted by Gasteiger charge is -2.31. The maximum Gasteiger partial charge on any atom is 0.306 e. The summed E-state index contributed by atoms with van der Waals surface area (Å²) in [6.07, 6.45) is 6.04. The Morgan fingerprint density at radius 1 is 1.22 bits per heavy atom. The molecule has 0 unspecified atom stereocenters. The Morgan fingerprint density at radius 2 is 1.94 bits per heavy atom. The first kappa shape index (κ1) is 13.1. The van der Waals surface area contributed by atoms with Gasteiger partial charge in [0, 0.05) is 12.3 Å². The third kappa shape index (κ3) is 3.34. The minimum Gasteiger partial charge on any atom is -0.462 e. The van der Waals surface area contributed by atoms with Crippen LogP contribution in [0.4, 0.5) is 0 Å². The lowest BCUT2D eigenvalue weighted by Crippen LogP contribution is -2.28. The molecule has 0 aromatic heterocycles. The quantitative estimate of drug-likeness (QED) is 0.749. The molecule has 0 N–H and O–H groups in total. The molecule has 2 atom stereocenters. The second-order valence-electron chi connectivity index (χ2n) is 5.08. The van der Waals surface area contributed by atoms with Crippen LogP contribution in [0.15, 0.2) is 30.3 Å². The van der Waals surface area contributed by atoms with Crippen LogP contribution in [0.25, 0.3) is 0 Å². The van der Waals surface area contributed by atoms with E-state index in [4.69, 9.17) is 4.74 Å². The van der Waals surface area contributed by atoms with Gasteiger partial charge >= 0.3 is 5.97 Å². The molecule has 0 saturated heterocycles.